The Balaban J connectivity index is 2.31. The number of aromatic nitrogens is 2. The number of hydrogen-bond acceptors (Lipinski definition) is 5. The molecule has 116 valence electrons. The van der Waals surface area contributed by atoms with E-state index in [9.17, 15) is 13.6 Å². The maximum atomic E-state index is 13.8. The number of nitrogens with zero attached hydrogens (tertiary/aromatic N) is 3. The average Bonchev–Trinajstić information content (AvgIpc) is 2.72. The van der Waals surface area contributed by atoms with Crippen molar-refractivity contribution in [2.24, 2.45) is 0 Å². The monoisotopic (exact) mass is 301 g/mol. The van der Waals surface area contributed by atoms with Gasteiger partial charge >= 0.3 is 12.2 Å². The van der Waals surface area contributed by atoms with E-state index in [2.05, 4.69) is 9.97 Å². The number of ether oxygens (including phenoxy) is 2. The summed E-state index contributed by atoms with van der Waals surface area (Å²) in [4.78, 5) is 19.2. The predicted molar refractivity (Wildman–Crippen MR) is 69.9 cm³/mol. The Morgan fingerprint density at radius 1 is 1.48 bits per heavy atom. The van der Waals surface area contributed by atoms with Gasteiger partial charge in [-0.25, -0.2) is 19.1 Å². The van der Waals surface area contributed by atoms with Crippen LogP contribution >= 0.6 is 0 Å². The van der Waals surface area contributed by atoms with Gasteiger partial charge < -0.3 is 9.47 Å². The molecular weight excluding hydrogens is 284 g/mol. The van der Waals surface area contributed by atoms with Crippen molar-refractivity contribution in [2.75, 3.05) is 11.5 Å². The van der Waals surface area contributed by atoms with Gasteiger partial charge in [0.2, 0.25) is 0 Å². The van der Waals surface area contributed by atoms with Gasteiger partial charge in [-0.3, -0.25) is 0 Å². The van der Waals surface area contributed by atoms with Crippen LogP contribution in [0.4, 0.5) is 19.4 Å². The molecule has 1 saturated heterocycles. The first kappa shape index (κ1) is 15.6. The van der Waals surface area contributed by atoms with Crippen molar-refractivity contribution in [3.63, 3.8) is 0 Å². The van der Waals surface area contributed by atoms with E-state index in [0.717, 1.165) is 4.90 Å². The summed E-state index contributed by atoms with van der Waals surface area (Å²) in [5, 5.41) is 0. The summed E-state index contributed by atoms with van der Waals surface area (Å²) in [6.45, 7) is 7.32. The van der Waals surface area contributed by atoms with Gasteiger partial charge in [-0.1, -0.05) is 0 Å². The zero-order valence-corrected chi connectivity index (χ0v) is 12.3. The summed E-state index contributed by atoms with van der Waals surface area (Å²) in [6, 6.07) is -0.597. The van der Waals surface area contributed by atoms with Crippen LogP contribution in [0.5, 0.6) is 0 Å². The van der Waals surface area contributed by atoms with Crippen LogP contribution in [0.1, 0.15) is 27.7 Å². The molecule has 2 rings (SSSR count). The van der Waals surface area contributed by atoms with Gasteiger partial charge in [-0.2, -0.15) is 9.37 Å². The lowest BCUT2D eigenvalue weighted by Gasteiger charge is -2.31. The molecule has 1 fully saturated rings. The van der Waals surface area contributed by atoms with Gasteiger partial charge in [0.15, 0.2) is 11.6 Å². The van der Waals surface area contributed by atoms with Gasteiger partial charge in [0.25, 0.3) is 0 Å². The molecular formula is C13H17F2N3O3. The van der Waals surface area contributed by atoms with Gasteiger partial charge in [-0.15, -0.1) is 0 Å². The van der Waals surface area contributed by atoms with Crippen molar-refractivity contribution in [3.8, 4) is 0 Å². The first-order valence-electron chi connectivity index (χ1n) is 6.51. The Hall–Kier alpha value is -1.83. The largest absolute Gasteiger partial charge is 0.447 e. The molecule has 2 heterocycles. The Labute approximate surface area is 121 Å². The molecule has 1 unspecified atom stereocenters. The SMILES string of the molecule is C[C@H](OC(C)(C)C)C1COC(=O)N1c1nc(F)ncc1F. The van der Waals surface area contributed by atoms with Crippen molar-refractivity contribution in [2.45, 2.75) is 45.4 Å². The van der Waals surface area contributed by atoms with E-state index in [1.807, 2.05) is 20.8 Å². The first-order chi connectivity index (χ1) is 9.69. The minimum atomic E-state index is -1.12. The number of hydrogen-bond donors (Lipinski definition) is 0. The Morgan fingerprint density at radius 2 is 2.14 bits per heavy atom. The van der Waals surface area contributed by atoms with Gasteiger partial charge in [0.05, 0.1) is 17.9 Å². The fraction of sp³-hybridized carbons (Fsp3) is 0.615. The van der Waals surface area contributed by atoms with E-state index in [1.165, 1.54) is 0 Å². The maximum absolute atomic E-state index is 13.8. The second-order valence-electron chi connectivity index (χ2n) is 5.76. The van der Waals surface area contributed by atoms with Crippen LogP contribution in [0.3, 0.4) is 0 Å². The average molecular weight is 301 g/mol. The van der Waals surface area contributed by atoms with E-state index in [4.69, 9.17) is 9.47 Å². The summed E-state index contributed by atoms with van der Waals surface area (Å²) in [7, 11) is 0. The second-order valence-corrected chi connectivity index (χ2v) is 5.76. The highest BCUT2D eigenvalue weighted by Gasteiger charge is 2.41. The lowest BCUT2D eigenvalue weighted by atomic mass is 10.1. The maximum Gasteiger partial charge on any atom is 0.416 e. The zero-order chi connectivity index (χ0) is 15.8. The highest BCUT2D eigenvalue weighted by Crippen LogP contribution is 2.27. The number of carbonyl (C=O) groups excluding carboxylic acids is 1. The van der Waals surface area contributed by atoms with E-state index >= 15 is 0 Å². The zero-order valence-electron chi connectivity index (χ0n) is 12.3. The summed E-state index contributed by atoms with van der Waals surface area (Å²) in [6.07, 6.45) is -1.68. The van der Waals surface area contributed by atoms with Crippen molar-refractivity contribution in [1.29, 1.82) is 0 Å². The molecule has 2 atom stereocenters. The normalized spacial score (nSPS) is 20.6. The fourth-order valence-electron chi connectivity index (χ4n) is 2.17. The molecule has 0 radical (unpaired) electrons. The summed E-state index contributed by atoms with van der Waals surface area (Å²) in [5.41, 5.74) is -0.452. The first-order valence-corrected chi connectivity index (χ1v) is 6.51. The summed E-state index contributed by atoms with van der Waals surface area (Å²) < 4.78 is 37.6. The van der Waals surface area contributed by atoms with Crippen molar-refractivity contribution in [1.82, 2.24) is 9.97 Å². The number of rotatable bonds is 3. The molecule has 1 aliphatic heterocycles. The number of anilines is 1. The lowest BCUT2D eigenvalue weighted by Crippen LogP contribution is -2.45. The lowest BCUT2D eigenvalue weighted by molar-refractivity contribution is -0.0619. The molecule has 0 N–H and O–H groups in total. The standard InChI is InChI=1S/C13H17F2N3O3/c1-7(21-13(2,3)4)9-6-20-12(19)18(9)10-8(14)5-16-11(15)17-10/h5,7,9H,6H2,1-4H3/t7-,9?/m0/s1. The Morgan fingerprint density at radius 3 is 2.76 bits per heavy atom. The highest BCUT2D eigenvalue weighted by atomic mass is 19.1. The predicted octanol–water partition coefficient (Wildman–Crippen LogP) is 2.28. The molecule has 0 aromatic carbocycles. The minimum absolute atomic E-state index is 0.0150. The molecule has 1 aromatic heterocycles. The molecule has 0 spiro atoms. The number of halogens is 2. The topological polar surface area (TPSA) is 64.6 Å². The van der Waals surface area contributed by atoms with Crippen molar-refractivity contribution in [3.05, 3.63) is 18.1 Å². The van der Waals surface area contributed by atoms with Gasteiger partial charge in [-0.05, 0) is 27.7 Å². The van der Waals surface area contributed by atoms with E-state index in [-0.39, 0.29) is 6.61 Å². The molecule has 0 aliphatic carbocycles. The minimum Gasteiger partial charge on any atom is -0.447 e. The fourth-order valence-corrected chi connectivity index (χ4v) is 2.17. The van der Waals surface area contributed by atoms with Crippen LogP contribution in [0.15, 0.2) is 6.20 Å². The molecule has 6 nitrogen and oxygen atoms in total. The number of amides is 1. The molecule has 1 aromatic rings. The number of cyclic esters (lactones) is 1. The molecule has 1 amide bonds. The summed E-state index contributed by atoms with van der Waals surface area (Å²) >= 11 is 0. The summed E-state index contributed by atoms with van der Waals surface area (Å²) in [5.74, 6) is -1.34. The second kappa shape index (κ2) is 5.51. The highest BCUT2D eigenvalue weighted by molar-refractivity contribution is 5.89. The molecule has 0 bridgehead atoms. The van der Waals surface area contributed by atoms with Crippen LogP contribution in [0, 0.1) is 11.9 Å². The Bertz CT molecular complexity index is 548. The smallest absolute Gasteiger partial charge is 0.416 e. The molecule has 21 heavy (non-hydrogen) atoms. The number of carbonyl (C=O) groups is 1. The molecule has 8 heteroatoms. The van der Waals surface area contributed by atoms with E-state index in [1.54, 1.807) is 6.92 Å². The molecule has 1 aliphatic rings. The van der Waals surface area contributed by atoms with E-state index in [0.29, 0.717) is 6.20 Å². The van der Waals surface area contributed by atoms with Gasteiger partial charge in [0.1, 0.15) is 12.6 Å². The van der Waals surface area contributed by atoms with Crippen molar-refractivity contribution >= 4 is 11.9 Å². The van der Waals surface area contributed by atoms with Crippen molar-refractivity contribution < 1.29 is 23.0 Å². The van der Waals surface area contributed by atoms with Crippen LogP contribution in [0.25, 0.3) is 0 Å². The van der Waals surface area contributed by atoms with Crippen LogP contribution < -0.4 is 4.90 Å². The van der Waals surface area contributed by atoms with Crippen LogP contribution in [-0.4, -0.2) is 40.4 Å². The van der Waals surface area contributed by atoms with Gasteiger partial charge in [0, 0.05) is 0 Å². The quantitative estimate of drug-likeness (QED) is 0.801. The molecule has 0 saturated carbocycles. The third-order valence-corrected chi connectivity index (χ3v) is 2.91. The third-order valence-electron chi connectivity index (χ3n) is 2.91. The van der Waals surface area contributed by atoms with E-state index < -0.39 is 41.6 Å². The third kappa shape index (κ3) is 3.44. The van der Waals surface area contributed by atoms with Crippen LogP contribution in [-0.2, 0) is 9.47 Å². The Kier molecular flexibility index (Phi) is 4.08. The van der Waals surface area contributed by atoms with Crippen LogP contribution in [0.2, 0.25) is 0 Å².